The van der Waals surface area contributed by atoms with Crippen LogP contribution in [0.15, 0.2) is 72.9 Å². The molecule has 0 saturated carbocycles. The van der Waals surface area contributed by atoms with Gasteiger partial charge in [0.2, 0.25) is 0 Å². The third-order valence-electron chi connectivity index (χ3n) is 6.17. The molecule has 0 N–H and O–H groups in total. The van der Waals surface area contributed by atoms with Gasteiger partial charge in [0, 0.05) is 30.8 Å². The second-order valence-electron chi connectivity index (χ2n) is 8.17. The minimum atomic E-state index is -4.39. The number of fused-ring (bicyclic) bond motifs is 1. The fourth-order valence-corrected chi connectivity index (χ4v) is 4.41. The number of pyridine rings is 1. The Kier molecular flexibility index (Phi) is 5.36. The van der Waals surface area contributed by atoms with Crippen LogP contribution in [0.2, 0.25) is 0 Å². The van der Waals surface area contributed by atoms with Crippen LogP contribution >= 0.6 is 0 Å². The molecule has 168 valence electrons. The number of aromatic nitrogens is 3. The summed E-state index contributed by atoms with van der Waals surface area (Å²) in [5, 5.41) is 8.58. The van der Waals surface area contributed by atoms with Gasteiger partial charge in [0.05, 0.1) is 5.56 Å². The lowest BCUT2D eigenvalue weighted by Crippen LogP contribution is -2.38. The zero-order valence-electron chi connectivity index (χ0n) is 17.7. The molecule has 2 aromatic heterocycles. The molecular formula is C25H21F3N4O. The number of carbonyl (C=O) groups is 1. The quantitative estimate of drug-likeness (QED) is 0.418. The van der Waals surface area contributed by atoms with Gasteiger partial charge in [-0.15, -0.1) is 10.2 Å². The molecule has 8 heteroatoms. The standard InChI is InChI=1S/C25H21F3N4O/c26-25(27,28)19-10-8-17(9-11-19)20-5-1-2-6-21(20)24(33)31-15-12-18(13-16-31)23-30-29-22-7-3-4-14-32(22)23/h1-11,14,18H,12-13,15-16H2. The first kappa shape index (κ1) is 21.2. The first-order valence-electron chi connectivity index (χ1n) is 10.8. The molecule has 2 aromatic carbocycles. The summed E-state index contributed by atoms with van der Waals surface area (Å²) in [7, 11) is 0. The summed E-state index contributed by atoms with van der Waals surface area (Å²) in [6.07, 6.45) is -0.913. The second-order valence-corrected chi connectivity index (χ2v) is 8.17. The molecule has 1 aliphatic rings. The van der Waals surface area contributed by atoms with Crippen molar-refractivity contribution in [2.75, 3.05) is 13.1 Å². The number of alkyl halides is 3. The summed E-state index contributed by atoms with van der Waals surface area (Å²) in [6.45, 7) is 1.15. The lowest BCUT2D eigenvalue weighted by atomic mass is 9.94. The molecule has 0 radical (unpaired) electrons. The van der Waals surface area contributed by atoms with Gasteiger partial charge >= 0.3 is 6.18 Å². The number of nitrogens with zero attached hydrogens (tertiary/aromatic N) is 4. The van der Waals surface area contributed by atoms with Gasteiger partial charge < -0.3 is 4.90 Å². The molecule has 0 bridgehead atoms. The Morgan fingerprint density at radius 1 is 0.879 bits per heavy atom. The second kappa shape index (κ2) is 8.35. The Hall–Kier alpha value is -3.68. The molecular weight excluding hydrogens is 429 g/mol. The van der Waals surface area contributed by atoms with Crippen molar-refractivity contribution < 1.29 is 18.0 Å². The number of piperidine rings is 1. The minimum absolute atomic E-state index is 0.116. The van der Waals surface area contributed by atoms with Crippen LogP contribution in [0.1, 0.15) is 40.5 Å². The molecule has 0 aliphatic carbocycles. The zero-order chi connectivity index (χ0) is 23.0. The molecule has 0 spiro atoms. The van der Waals surface area contributed by atoms with Crippen LogP contribution in [-0.2, 0) is 6.18 Å². The Labute approximate surface area is 188 Å². The Morgan fingerprint density at radius 3 is 2.30 bits per heavy atom. The Morgan fingerprint density at radius 2 is 1.58 bits per heavy atom. The SMILES string of the molecule is O=C(c1ccccc1-c1ccc(C(F)(F)F)cc1)N1CCC(c2nnc3ccccn23)CC1. The van der Waals surface area contributed by atoms with Crippen molar-refractivity contribution in [3.63, 3.8) is 0 Å². The highest BCUT2D eigenvalue weighted by Gasteiger charge is 2.31. The van der Waals surface area contributed by atoms with Crippen molar-refractivity contribution in [3.05, 3.63) is 89.9 Å². The smallest absolute Gasteiger partial charge is 0.339 e. The van der Waals surface area contributed by atoms with Gasteiger partial charge in [-0.2, -0.15) is 13.2 Å². The van der Waals surface area contributed by atoms with Gasteiger partial charge in [0.15, 0.2) is 5.65 Å². The number of benzene rings is 2. The summed E-state index contributed by atoms with van der Waals surface area (Å²) in [5.41, 5.74) is 1.79. The minimum Gasteiger partial charge on any atom is -0.339 e. The predicted octanol–water partition coefficient (Wildman–Crippen LogP) is 5.43. The van der Waals surface area contributed by atoms with Crippen molar-refractivity contribution >= 4 is 11.6 Å². The van der Waals surface area contributed by atoms with Crippen molar-refractivity contribution in [1.29, 1.82) is 0 Å². The maximum atomic E-state index is 13.3. The van der Waals surface area contributed by atoms with E-state index in [1.165, 1.54) is 12.1 Å². The number of rotatable bonds is 3. The van der Waals surface area contributed by atoms with Crippen LogP contribution in [0.4, 0.5) is 13.2 Å². The molecule has 0 unspecified atom stereocenters. The first-order chi connectivity index (χ1) is 15.9. The number of hydrogen-bond donors (Lipinski definition) is 0. The Balaban J connectivity index is 1.34. The van der Waals surface area contributed by atoms with Crippen molar-refractivity contribution in [1.82, 2.24) is 19.5 Å². The fourth-order valence-electron chi connectivity index (χ4n) is 4.41. The average Bonchev–Trinajstić information content (AvgIpc) is 3.27. The summed E-state index contributed by atoms with van der Waals surface area (Å²) < 4.78 is 40.8. The van der Waals surface area contributed by atoms with Crippen molar-refractivity contribution in [2.24, 2.45) is 0 Å². The fraction of sp³-hybridized carbons (Fsp3) is 0.240. The van der Waals surface area contributed by atoms with Crippen molar-refractivity contribution in [3.8, 4) is 11.1 Å². The van der Waals surface area contributed by atoms with E-state index in [0.717, 1.165) is 36.4 Å². The third kappa shape index (κ3) is 4.08. The summed E-state index contributed by atoms with van der Waals surface area (Å²) in [6, 6.07) is 17.7. The number of likely N-dealkylation sites (tertiary alicyclic amines) is 1. The maximum Gasteiger partial charge on any atom is 0.416 e. The van der Waals surface area contributed by atoms with Crippen molar-refractivity contribution in [2.45, 2.75) is 24.9 Å². The van der Waals surface area contributed by atoms with Gasteiger partial charge in [0.1, 0.15) is 5.82 Å². The maximum absolute atomic E-state index is 13.3. The van der Waals surface area contributed by atoms with Crippen LogP contribution in [0.25, 0.3) is 16.8 Å². The number of halogens is 3. The average molecular weight is 450 g/mol. The van der Waals surface area contributed by atoms with E-state index >= 15 is 0 Å². The van der Waals surface area contributed by atoms with E-state index in [2.05, 4.69) is 10.2 Å². The molecule has 1 amide bonds. The largest absolute Gasteiger partial charge is 0.416 e. The van der Waals surface area contributed by atoms with Gasteiger partial charge in [-0.05, 0) is 54.3 Å². The predicted molar refractivity (Wildman–Crippen MR) is 118 cm³/mol. The van der Waals surface area contributed by atoms with Gasteiger partial charge in [-0.1, -0.05) is 36.4 Å². The number of hydrogen-bond acceptors (Lipinski definition) is 3. The monoisotopic (exact) mass is 450 g/mol. The van der Waals surface area contributed by atoms with Gasteiger partial charge in [-0.3, -0.25) is 9.20 Å². The van der Waals surface area contributed by atoms with Crippen LogP contribution in [0.3, 0.4) is 0 Å². The highest BCUT2D eigenvalue weighted by Crippen LogP contribution is 2.33. The normalized spacial score (nSPS) is 15.2. The molecule has 4 aromatic rings. The number of amides is 1. The van der Waals surface area contributed by atoms with E-state index in [1.807, 2.05) is 33.7 Å². The zero-order valence-corrected chi connectivity index (χ0v) is 17.7. The molecule has 5 nitrogen and oxygen atoms in total. The topological polar surface area (TPSA) is 50.5 Å². The van der Waals surface area contributed by atoms with E-state index in [9.17, 15) is 18.0 Å². The van der Waals surface area contributed by atoms with Crippen LogP contribution in [0, 0.1) is 0 Å². The molecule has 5 rings (SSSR count). The molecule has 1 fully saturated rings. The van der Waals surface area contributed by atoms with Crippen LogP contribution in [0.5, 0.6) is 0 Å². The van der Waals surface area contributed by atoms with Gasteiger partial charge in [0.25, 0.3) is 5.91 Å². The van der Waals surface area contributed by atoms with Crippen LogP contribution in [-0.4, -0.2) is 38.5 Å². The molecule has 1 saturated heterocycles. The highest BCUT2D eigenvalue weighted by atomic mass is 19.4. The summed E-state index contributed by atoms with van der Waals surface area (Å²) >= 11 is 0. The summed E-state index contributed by atoms with van der Waals surface area (Å²) in [5.74, 6) is 0.995. The third-order valence-corrected chi connectivity index (χ3v) is 6.17. The molecule has 3 heterocycles. The Bertz CT molecular complexity index is 1290. The van der Waals surface area contributed by atoms with E-state index < -0.39 is 11.7 Å². The van der Waals surface area contributed by atoms with Gasteiger partial charge in [-0.25, -0.2) is 0 Å². The van der Waals surface area contributed by atoms with E-state index in [-0.39, 0.29) is 11.8 Å². The molecule has 33 heavy (non-hydrogen) atoms. The molecule has 0 atom stereocenters. The van der Waals surface area contributed by atoms with E-state index in [0.29, 0.717) is 29.8 Å². The molecule has 1 aliphatic heterocycles. The summed E-state index contributed by atoms with van der Waals surface area (Å²) in [4.78, 5) is 15.1. The number of carbonyl (C=O) groups excluding carboxylic acids is 1. The van der Waals surface area contributed by atoms with E-state index in [4.69, 9.17) is 0 Å². The van der Waals surface area contributed by atoms with Crippen LogP contribution < -0.4 is 0 Å². The van der Waals surface area contributed by atoms with E-state index in [1.54, 1.807) is 24.3 Å². The lowest BCUT2D eigenvalue weighted by molar-refractivity contribution is -0.137. The first-order valence-corrected chi connectivity index (χ1v) is 10.8. The highest BCUT2D eigenvalue weighted by molar-refractivity contribution is 6.01. The lowest BCUT2D eigenvalue weighted by Gasteiger charge is -2.31.